The van der Waals surface area contributed by atoms with Crippen LogP contribution in [-0.4, -0.2) is 53.7 Å². The van der Waals surface area contributed by atoms with E-state index >= 15 is 0 Å². The van der Waals surface area contributed by atoms with Crippen LogP contribution < -0.4 is 0 Å². The number of hydrogen-bond donors (Lipinski definition) is 1. The number of aliphatic hydroxyl groups excluding tert-OH is 1. The number of rotatable bonds is 9. The molecule has 0 bridgehead atoms. The number of aryl methyl sites for hydroxylation is 1. The Labute approximate surface area is 229 Å². The van der Waals surface area contributed by atoms with Crippen molar-refractivity contribution in [1.82, 2.24) is 9.80 Å². The van der Waals surface area contributed by atoms with E-state index in [1.165, 1.54) is 11.1 Å². The van der Waals surface area contributed by atoms with Crippen LogP contribution in [0.25, 0.3) is 0 Å². The van der Waals surface area contributed by atoms with Gasteiger partial charge in [-0.2, -0.15) is 11.3 Å². The third-order valence-electron chi connectivity index (χ3n) is 8.08. The Morgan fingerprint density at radius 2 is 1.81 bits per heavy atom. The van der Waals surface area contributed by atoms with Gasteiger partial charge in [-0.05, 0) is 89.7 Å². The maximum Gasteiger partial charge on any atom is 0.0695 e. The maximum absolute atomic E-state index is 11.0. The van der Waals surface area contributed by atoms with Gasteiger partial charge in [-0.3, -0.25) is 4.90 Å². The van der Waals surface area contributed by atoms with Crippen LogP contribution >= 0.6 is 34.5 Å². The Kier molecular flexibility index (Phi) is 9.05. The first-order chi connectivity index (χ1) is 17.5. The van der Waals surface area contributed by atoms with Gasteiger partial charge in [0.05, 0.1) is 6.10 Å². The topological polar surface area (TPSA) is 26.7 Å². The number of aliphatic hydroxyl groups is 1. The van der Waals surface area contributed by atoms with Crippen molar-refractivity contribution in [2.75, 3.05) is 32.7 Å². The van der Waals surface area contributed by atoms with Gasteiger partial charge in [0.15, 0.2) is 0 Å². The van der Waals surface area contributed by atoms with Crippen LogP contribution in [0.5, 0.6) is 0 Å². The summed E-state index contributed by atoms with van der Waals surface area (Å²) in [6.07, 6.45) is 4.23. The first kappa shape index (κ1) is 26.2. The zero-order valence-corrected chi connectivity index (χ0v) is 23.1. The summed E-state index contributed by atoms with van der Waals surface area (Å²) in [6, 6.07) is 18.8. The number of benzene rings is 2. The lowest BCUT2D eigenvalue weighted by Gasteiger charge is -2.38. The van der Waals surface area contributed by atoms with Crippen molar-refractivity contribution in [2.45, 2.75) is 44.2 Å². The van der Waals surface area contributed by atoms with Gasteiger partial charge in [0, 0.05) is 48.7 Å². The number of halogens is 2. The molecule has 2 aromatic carbocycles. The summed E-state index contributed by atoms with van der Waals surface area (Å²) in [5, 5.41) is 16.9. The Bertz CT molecular complexity index is 1090. The molecule has 1 aromatic heterocycles. The molecule has 3 nitrogen and oxygen atoms in total. The van der Waals surface area contributed by atoms with E-state index in [-0.39, 0.29) is 6.10 Å². The second kappa shape index (κ2) is 12.4. The zero-order chi connectivity index (χ0) is 24.9. The largest absolute Gasteiger partial charge is 0.392 e. The van der Waals surface area contributed by atoms with Gasteiger partial charge in [0.1, 0.15) is 0 Å². The summed E-state index contributed by atoms with van der Waals surface area (Å²) in [4.78, 5) is 5.05. The highest BCUT2D eigenvalue weighted by Gasteiger charge is 2.37. The molecule has 3 heterocycles. The molecule has 1 N–H and O–H groups in total. The third kappa shape index (κ3) is 6.72. The average molecular weight is 544 g/mol. The van der Waals surface area contributed by atoms with Crippen LogP contribution in [0.15, 0.2) is 65.4 Å². The van der Waals surface area contributed by atoms with Crippen molar-refractivity contribution in [1.29, 1.82) is 0 Å². The summed E-state index contributed by atoms with van der Waals surface area (Å²) < 4.78 is 0. The van der Waals surface area contributed by atoms with Crippen LogP contribution in [0.4, 0.5) is 0 Å². The number of piperidine rings is 1. The Morgan fingerprint density at radius 1 is 0.944 bits per heavy atom. The first-order valence-corrected chi connectivity index (χ1v) is 14.9. The Balaban J connectivity index is 1.16. The van der Waals surface area contributed by atoms with E-state index in [0.29, 0.717) is 22.8 Å². The molecule has 36 heavy (non-hydrogen) atoms. The minimum Gasteiger partial charge on any atom is -0.392 e. The van der Waals surface area contributed by atoms with Crippen molar-refractivity contribution in [2.24, 2.45) is 11.8 Å². The summed E-state index contributed by atoms with van der Waals surface area (Å²) in [5.41, 5.74) is 3.98. The summed E-state index contributed by atoms with van der Waals surface area (Å²) in [6.45, 7) is 5.86. The lowest BCUT2D eigenvalue weighted by Crippen LogP contribution is -2.46. The lowest BCUT2D eigenvalue weighted by atomic mass is 9.86. The van der Waals surface area contributed by atoms with Gasteiger partial charge >= 0.3 is 0 Å². The van der Waals surface area contributed by atoms with Crippen molar-refractivity contribution >= 4 is 34.5 Å². The normalized spacial score (nSPS) is 25.4. The molecule has 0 saturated carbocycles. The minimum absolute atomic E-state index is 0.223. The molecule has 4 atom stereocenters. The molecule has 2 aliphatic rings. The van der Waals surface area contributed by atoms with Gasteiger partial charge in [-0.1, -0.05) is 59.6 Å². The molecule has 2 fully saturated rings. The van der Waals surface area contributed by atoms with Crippen LogP contribution in [0.1, 0.15) is 41.9 Å². The lowest BCUT2D eigenvalue weighted by molar-refractivity contribution is 0.0117. The second-order valence-corrected chi connectivity index (χ2v) is 12.2. The molecule has 2 aliphatic heterocycles. The standard InChI is InChI=1S/C30H36Cl2N2OS/c31-27-10-9-24(29(32)15-27)16-34-18-26(28(19-34)25-12-14-36-21-25)17-33-13-11-23(30(35)20-33)8-4-7-22-5-2-1-3-6-22/h1-3,5-6,9-10,12,14-15,21,23,26,28,30,35H,4,7-8,11,13,16-20H2/t23-,26+,28+,30-/m0/s1. The SMILES string of the molecule is O[C@H]1CN(C[C@@H]2CN(Cc3ccc(Cl)cc3Cl)C[C@@H]2c2ccsc2)CC[C@@H]1CCCc1ccccc1. The Morgan fingerprint density at radius 3 is 2.56 bits per heavy atom. The monoisotopic (exact) mass is 542 g/mol. The predicted molar refractivity (Wildman–Crippen MR) is 152 cm³/mol. The molecular weight excluding hydrogens is 507 g/mol. The van der Waals surface area contributed by atoms with E-state index in [2.05, 4.69) is 63.0 Å². The molecule has 0 aliphatic carbocycles. The molecule has 5 rings (SSSR count). The number of thiophene rings is 1. The highest BCUT2D eigenvalue weighted by atomic mass is 35.5. The smallest absolute Gasteiger partial charge is 0.0695 e. The van der Waals surface area contributed by atoms with Gasteiger partial charge in [0.25, 0.3) is 0 Å². The maximum atomic E-state index is 11.0. The molecule has 0 amide bonds. The molecule has 192 valence electrons. The van der Waals surface area contributed by atoms with Gasteiger partial charge in [-0.15, -0.1) is 0 Å². The predicted octanol–water partition coefficient (Wildman–Crippen LogP) is 6.98. The zero-order valence-electron chi connectivity index (χ0n) is 20.7. The van der Waals surface area contributed by atoms with Crippen molar-refractivity contribution < 1.29 is 5.11 Å². The molecule has 0 radical (unpaired) electrons. The number of β-amino-alcohol motifs (C(OH)–C–C–N with tert-alkyl or cyclic N) is 1. The van der Waals surface area contributed by atoms with E-state index in [1.54, 1.807) is 11.3 Å². The molecular formula is C30H36Cl2N2OS. The quantitative estimate of drug-likeness (QED) is 0.316. The van der Waals surface area contributed by atoms with Gasteiger partial charge in [-0.25, -0.2) is 0 Å². The van der Waals surface area contributed by atoms with Crippen molar-refractivity contribution in [3.8, 4) is 0 Å². The van der Waals surface area contributed by atoms with E-state index < -0.39 is 0 Å². The highest BCUT2D eigenvalue weighted by molar-refractivity contribution is 7.08. The fourth-order valence-electron chi connectivity index (χ4n) is 6.12. The van der Waals surface area contributed by atoms with Crippen LogP contribution in [0.2, 0.25) is 10.0 Å². The summed E-state index contributed by atoms with van der Waals surface area (Å²) in [7, 11) is 0. The fraction of sp³-hybridized carbons (Fsp3) is 0.467. The average Bonchev–Trinajstić information content (AvgIpc) is 3.53. The molecule has 0 spiro atoms. The first-order valence-electron chi connectivity index (χ1n) is 13.2. The van der Waals surface area contributed by atoms with Crippen molar-refractivity contribution in [3.05, 3.63) is 92.1 Å². The van der Waals surface area contributed by atoms with E-state index in [4.69, 9.17) is 23.2 Å². The fourth-order valence-corrected chi connectivity index (χ4v) is 7.32. The number of likely N-dealkylation sites (tertiary alicyclic amines) is 2. The van der Waals surface area contributed by atoms with E-state index in [0.717, 1.165) is 75.5 Å². The van der Waals surface area contributed by atoms with E-state index in [1.807, 2.05) is 12.1 Å². The number of nitrogens with zero attached hydrogens (tertiary/aromatic N) is 2. The minimum atomic E-state index is -0.223. The molecule has 6 heteroatoms. The second-order valence-electron chi connectivity index (χ2n) is 10.6. The molecule has 3 aromatic rings. The summed E-state index contributed by atoms with van der Waals surface area (Å²) >= 11 is 14.4. The van der Waals surface area contributed by atoms with Crippen LogP contribution in [-0.2, 0) is 13.0 Å². The Hall–Kier alpha value is -1.40. The van der Waals surface area contributed by atoms with Crippen LogP contribution in [0.3, 0.4) is 0 Å². The third-order valence-corrected chi connectivity index (χ3v) is 9.37. The number of hydrogen-bond acceptors (Lipinski definition) is 4. The van der Waals surface area contributed by atoms with Crippen LogP contribution in [0, 0.1) is 11.8 Å². The highest BCUT2D eigenvalue weighted by Crippen LogP contribution is 2.37. The molecule has 2 saturated heterocycles. The summed E-state index contributed by atoms with van der Waals surface area (Å²) in [5.74, 6) is 1.49. The van der Waals surface area contributed by atoms with E-state index in [9.17, 15) is 5.11 Å². The van der Waals surface area contributed by atoms with Gasteiger partial charge in [0.2, 0.25) is 0 Å². The van der Waals surface area contributed by atoms with Crippen molar-refractivity contribution in [3.63, 3.8) is 0 Å². The van der Waals surface area contributed by atoms with Gasteiger partial charge < -0.3 is 10.0 Å². The molecule has 0 unspecified atom stereocenters.